The van der Waals surface area contributed by atoms with Crippen LogP contribution < -0.4 is 11.1 Å². The zero-order chi connectivity index (χ0) is 13.3. The summed E-state index contributed by atoms with van der Waals surface area (Å²) in [4.78, 5) is 11.6. The van der Waals surface area contributed by atoms with E-state index in [4.69, 9.17) is 5.73 Å². The van der Waals surface area contributed by atoms with E-state index in [2.05, 4.69) is 19.2 Å². The number of carbonyl (C=O) groups excluding carboxylic acids is 1. The fraction of sp³-hybridized carbons (Fsp3) is 0.500. The zero-order valence-electron chi connectivity index (χ0n) is 10.7. The van der Waals surface area contributed by atoms with Crippen molar-refractivity contribution in [2.75, 3.05) is 5.32 Å². The van der Waals surface area contributed by atoms with Crippen LogP contribution in [-0.4, -0.2) is 11.4 Å². The smallest absolute Gasteiger partial charge is 0.243 e. The number of carbonyl (C=O) groups is 1. The summed E-state index contributed by atoms with van der Waals surface area (Å²) in [6.45, 7) is 4.29. The molecule has 1 aromatic carbocycles. The van der Waals surface area contributed by atoms with Crippen molar-refractivity contribution in [1.82, 2.24) is 0 Å². The number of rotatable bonds is 4. The Bertz CT molecular complexity index is 436. The third-order valence-corrected chi connectivity index (χ3v) is 3.86. The van der Waals surface area contributed by atoms with Gasteiger partial charge < -0.3 is 11.1 Å². The molecule has 4 heteroatoms. The maximum Gasteiger partial charge on any atom is 0.243 e. The van der Waals surface area contributed by atoms with Gasteiger partial charge in [0.1, 0.15) is 11.4 Å². The molecule has 0 saturated heterocycles. The number of primary amides is 1. The van der Waals surface area contributed by atoms with Gasteiger partial charge in [0, 0.05) is 5.69 Å². The first-order valence-electron chi connectivity index (χ1n) is 6.26. The number of halogens is 1. The van der Waals surface area contributed by atoms with Gasteiger partial charge in [0.05, 0.1) is 0 Å². The number of benzene rings is 1. The number of hydrogen-bond donors (Lipinski definition) is 2. The van der Waals surface area contributed by atoms with Crippen molar-refractivity contribution >= 4 is 11.6 Å². The lowest BCUT2D eigenvalue weighted by Crippen LogP contribution is -2.60. The average molecular weight is 250 g/mol. The highest BCUT2D eigenvalue weighted by atomic mass is 19.1. The Morgan fingerprint density at radius 3 is 2.39 bits per heavy atom. The van der Waals surface area contributed by atoms with Crippen LogP contribution in [0.1, 0.15) is 26.7 Å². The molecule has 0 spiro atoms. The third kappa shape index (κ3) is 2.33. The lowest BCUT2D eigenvalue weighted by atomic mass is 9.63. The van der Waals surface area contributed by atoms with Gasteiger partial charge in [-0.2, -0.15) is 0 Å². The fourth-order valence-corrected chi connectivity index (χ4v) is 2.48. The normalized spacial score (nSPS) is 26.8. The summed E-state index contributed by atoms with van der Waals surface area (Å²) in [5, 5.41) is 3.16. The van der Waals surface area contributed by atoms with Crippen LogP contribution in [0.5, 0.6) is 0 Å². The molecule has 0 heterocycles. The lowest BCUT2D eigenvalue weighted by molar-refractivity contribution is -0.127. The van der Waals surface area contributed by atoms with Crippen LogP contribution in [0.2, 0.25) is 0 Å². The van der Waals surface area contributed by atoms with Crippen LogP contribution in [0, 0.1) is 17.7 Å². The number of nitrogens with one attached hydrogen (secondary N) is 1. The van der Waals surface area contributed by atoms with E-state index in [-0.39, 0.29) is 11.7 Å². The van der Waals surface area contributed by atoms with Crippen LogP contribution in [0.15, 0.2) is 24.3 Å². The third-order valence-electron chi connectivity index (χ3n) is 3.86. The van der Waals surface area contributed by atoms with E-state index in [9.17, 15) is 9.18 Å². The van der Waals surface area contributed by atoms with E-state index in [1.165, 1.54) is 12.1 Å². The Balaban J connectivity index is 2.09. The molecule has 1 aliphatic carbocycles. The van der Waals surface area contributed by atoms with Gasteiger partial charge in [-0.25, -0.2) is 4.39 Å². The van der Waals surface area contributed by atoms with Crippen LogP contribution in [0.25, 0.3) is 0 Å². The molecule has 0 bridgehead atoms. The van der Waals surface area contributed by atoms with Crippen LogP contribution >= 0.6 is 0 Å². The Labute approximate surface area is 107 Å². The highest BCUT2D eigenvalue weighted by Crippen LogP contribution is 2.44. The largest absolute Gasteiger partial charge is 0.371 e. The van der Waals surface area contributed by atoms with Crippen molar-refractivity contribution in [2.24, 2.45) is 17.6 Å². The molecule has 98 valence electrons. The molecular weight excluding hydrogens is 231 g/mol. The molecule has 0 aliphatic heterocycles. The molecular formula is C14H19FN2O. The molecule has 1 amide bonds. The molecule has 0 radical (unpaired) electrons. The standard InChI is InChI=1S/C14H19FN2O/c1-9(2)10-7-14(8-10,13(16)18)17-12-5-3-11(15)4-6-12/h3-6,9-10,17H,7-8H2,1-2H3,(H2,16,18). The highest BCUT2D eigenvalue weighted by Gasteiger charge is 2.49. The lowest BCUT2D eigenvalue weighted by Gasteiger charge is -2.48. The van der Waals surface area contributed by atoms with Gasteiger partial charge in [-0.3, -0.25) is 4.79 Å². The van der Waals surface area contributed by atoms with Crippen molar-refractivity contribution in [3.05, 3.63) is 30.1 Å². The van der Waals surface area contributed by atoms with E-state index in [0.717, 1.165) is 18.5 Å². The Kier molecular flexibility index (Phi) is 3.28. The average Bonchev–Trinajstić information content (AvgIpc) is 2.24. The summed E-state index contributed by atoms with van der Waals surface area (Å²) in [5.41, 5.74) is 5.57. The highest BCUT2D eigenvalue weighted by molar-refractivity contribution is 5.89. The van der Waals surface area contributed by atoms with Crippen molar-refractivity contribution < 1.29 is 9.18 Å². The molecule has 0 unspecified atom stereocenters. The second-order valence-electron chi connectivity index (χ2n) is 5.49. The summed E-state index contributed by atoms with van der Waals surface area (Å²) in [5.74, 6) is 0.448. The number of nitrogens with two attached hydrogens (primary N) is 1. The first-order valence-corrected chi connectivity index (χ1v) is 6.26. The fourth-order valence-electron chi connectivity index (χ4n) is 2.48. The zero-order valence-corrected chi connectivity index (χ0v) is 10.7. The number of amides is 1. The molecule has 1 aliphatic rings. The molecule has 3 nitrogen and oxygen atoms in total. The molecule has 1 aromatic rings. The monoisotopic (exact) mass is 250 g/mol. The van der Waals surface area contributed by atoms with Crippen LogP contribution in [-0.2, 0) is 4.79 Å². The van der Waals surface area contributed by atoms with Crippen LogP contribution in [0.3, 0.4) is 0 Å². The maximum absolute atomic E-state index is 12.8. The molecule has 0 aromatic heterocycles. The van der Waals surface area contributed by atoms with E-state index in [0.29, 0.717) is 11.8 Å². The van der Waals surface area contributed by atoms with E-state index < -0.39 is 5.54 Å². The minimum Gasteiger partial charge on any atom is -0.371 e. The predicted molar refractivity (Wildman–Crippen MR) is 69.5 cm³/mol. The first kappa shape index (κ1) is 12.9. The van der Waals surface area contributed by atoms with Crippen molar-refractivity contribution in [2.45, 2.75) is 32.2 Å². The molecule has 18 heavy (non-hydrogen) atoms. The molecule has 1 saturated carbocycles. The van der Waals surface area contributed by atoms with E-state index in [1.807, 2.05) is 0 Å². The van der Waals surface area contributed by atoms with Crippen molar-refractivity contribution in [1.29, 1.82) is 0 Å². The topological polar surface area (TPSA) is 55.1 Å². The summed E-state index contributed by atoms with van der Waals surface area (Å²) < 4.78 is 12.8. The van der Waals surface area contributed by atoms with Gasteiger partial charge >= 0.3 is 0 Å². The number of anilines is 1. The second-order valence-corrected chi connectivity index (χ2v) is 5.49. The van der Waals surface area contributed by atoms with E-state index in [1.54, 1.807) is 12.1 Å². The van der Waals surface area contributed by atoms with E-state index >= 15 is 0 Å². The minimum absolute atomic E-state index is 0.289. The second kappa shape index (κ2) is 4.59. The van der Waals surface area contributed by atoms with Crippen molar-refractivity contribution in [3.63, 3.8) is 0 Å². The summed E-state index contributed by atoms with van der Waals surface area (Å²) in [7, 11) is 0. The van der Waals surface area contributed by atoms with Gasteiger partial charge in [0.2, 0.25) is 5.91 Å². The van der Waals surface area contributed by atoms with Gasteiger partial charge in [-0.1, -0.05) is 13.8 Å². The molecule has 2 rings (SSSR count). The number of hydrogen-bond acceptors (Lipinski definition) is 2. The maximum atomic E-state index is 12.8. The van der Waals surface area contributed by atoms with Gasteiger partial charge in [0.15, 0.2) is 0 Å². The minimum atomic E-state index is -0.660. The summed E-state index contributed by atoms with van der Waals surface area (Å²) in [6, 6.07) is 6.00. The molecule has 3 N–H and O–H groups in total. The predicted octanol–water partition coefficient (Wildman–Crippen LogP) is 2.53. The Hall–Kier alpha value is -1.58. The van der Waals surface area contributed by atoms with Gasteiger partial charge in [-0.15, -0.1) is 0 Å². The quantitative estimate of drug-likeness (QED) is 0.862. The van der Waals surface area contributed by atoms with Gasteiger partial charge in [-0.05, 0) is 48.9 Å². The molecule has 1 fully saturated rings. The summed E-state index contributed by atoms with van der Waals surface area (Å²) >= 11 is 0. The van der Waals surface area contributed by atoms with Crippen molar-refractivity contribution in [3.8, 4) is 0 Å². The van der Waals surface area contributed by atoms with Gasteiger partial charge in [0.25, 0.3) is 0 Å². The summed E-state index contributed by atoms with van der Waals surface area (Å²) in [6.07, 6.45) is 1.49. The Morgan fingerprint density at radius 2 is 1.94 bits per heavy atom. The SMILES string of the molecule is CC(C)C1CC(Nc2ccc(F)cc2)(C(N)=O)C1. The molecule has 0 atom stereocenters. The first-order chi connectivity index (χ1) is 8.43. The Morgan fingerprint density at radius 1 is 1.39 bits per heavy atom. The van der Waals surface area contributed by atoms with Crippen LogP contribution in [0.4, 0.5) is 10.1 Å².